The number of nitrogens with one attached hydrogen (secondary N) is 1. The Balaban J connectivity index is 2.58. The van der Waals surface area contributed by atoms with Gasteiger partial charge in [-0.2, -0.15) is 0 Å². The molecule has 0 unspecified atom stereocenters. The lowest BCUT2D eigenvalue weighted by Gasteiger charge is -2.08. The number of sulfone groups is 1. The van der Waals surface area contributed by atoms with Crippen LogP contribution < -0.4 is 11.1 Å². The van der Waals surface area contributed by atoms with Crippen LogP contribution in [0.15, 0.2) is 18.2 Å². The first kappa shape index (κ1) is 14.3. The van der Waals surface area contributed by atoms with Gasteiger partial charge in [0.2, 0.25) is 0 Å². The summed E-state index contributed by atoms with van der Waals surface area (Å²) in [6, 6.07) is 4.59. The van der Waals surface area contributed by atoms with Gasteiger partial charge in [0.15, 0.2) is 0 Å². The summed E-state index contributed by atoms with van der Waals surface area (Å²) in [6.07, 6.45) is 1.64. The van der Waals surface area contributed by atoms with Crippen LogP contribution in [0.5, 0.6) is 0 Å². The topological polar surface area (TPSA) is 109 Å². The van der Waals surface area contributed by atoms with Crippen molar-refractivity contribution < 1.29 is 18.3 Å². The van der Waals surface area contributed by atoms with Crippen molar-refractivity contribution in [3.05, 3.63) is 23.8 Å². The van der Waals surface area contributed by atoms with Gasteiger partial charge >= 0.3 is 5.97 Å². The van der Waals surface area contributed by atoms with Gasteiger partial charge in [0.05, 0.1) is 11.3 Å². The molecule has 0 aliphatic heterocycles. The Hall–Kier alpha value is -1.76. The highest BCUT2D eigenvalue weighted by Crippen LogP contribution is 2.17. The highest BCUT2D eigenvalue weighted by Gasteiger charge is 2.08. The number of nitrogen functional groups attached to an aromatic ring is 1. The van der Waals surface area contributed by atoms with Crippen molar-refractivity contribution >= 4 is 27.2 Å². The molecule has 0 saturated heterocycles. The van der Waals surface area contributed by atoms with Crippen LogP contribution in [0.4, 0.5) is 11.4 Å². The minimum Gasteiger partial charge on any atom is -0.478 e. The highest BCUT2D eigenvalue weighted by molar-refractivity contribution is 7.90. The van der Waals surface area contributed by atoms with Crippen LogP contribution in [0, 0.1) is 0 Å². The van der Waals surface area contributed by atoms with Gasteiger partial charge in [-0.15, -0.1) is 0 Å². The van der Waals surface area contributed by atoms with Gasteiger partial charge in [0, 0.05) is 24.2 Å². The van der Waals surface area contributed by atoms with Crippen LogP contribution in [-0.2, 0) is 9.84 Å². The smallest absolute Gasteiger partial charge is 0.337 e. The van der Waals surface area contributed by atoms with E-state index in [0.717, 1.165) is 0 Å². The number of benzene rings is 1. The Kier molecular flexibility index (Phi) is 4.55. The summed E-state index contributed by atoms with van der Waals surface area (Å²) in [7, 11) is -2.96. The van der Waals surface area contributed by atoms with E-state index < -0.39 is 15.8 Å². The number of nitrogens with two attached hydrogens (primary N) is 1. The SMILES string of the molecule is CS(=O)(=O)CCCNc1ccc(N)c(C(=O)O)c1. The summed E-state index contributed by atoms with van der Waals surface area (Å²) in [5.74, 6) is -0.992. The maximum absolute atomic E-state index is 10.9. The summed E-state index contributed by atoms with van der Waals surface area (Å²) in [4.78, 5) is 10.8. The van der Waals surface area contributed by atoms with Gasteiger partial charge in [-0.05, 0) is 24.6 Å². The number of carbonyl (C=O) groups is 1. The largest absolute Gasteiger partial charge is 0.478 e. The summed E-state index contributed by atoms with van der Waals surface area (Å²) < 4.78 is 21.8. The van der Waals surface area contributed by atoms with Crippen LogP contribution in [0.25, 0.3) is 0 Å². The van der Waals surface area contributed by atoms with E-state index in [1.807, 2.05) is 0 Å². The second kappa shape index (κ2) is 5.72. The standard InChI is InChI=1S/C11H16N2O4S/c1-18(16,17)6-2-5-13-8-3-4-10(12)9(7-8)11(14)15/h3-4,7,13H,2,5-6,12H2,1H3,(H,14,15). The van der Waals surface area contributed by atoms with E-state index >= 15 is 0 Å². The van der Waals surface area contributed by atoms with E-state index in [4.69, 9.17) is 10.8 Å². The number of rotatable bonds is 6. The fraction of sp³-hybridized carbons (Fsp3) is 0.364. The molecule has 0 aliphatic rings. The first-order chi connectivity index (χ1) is 8.29. The van der Waals surface area contributed by atoms with Crippen molar-refractivity contribution in [2.75, 3.05) is 29.6 Å². The van der Waals surface area contributed by atoms with E-state index in [0.29, 0.717) is 18.7 Å². The minimum absolute atomic E-state index is 0.0307. The molecule has 18 heavy (non-hydrogen) atoms. The predicted octanol–water partition coefficient (Wildman–Crippen LogP) is 0.814. The average molecular weight is 272 g/mol. The molecule has 0 atom stereocenters. The van der Waals surface area contributed by atoms with Crippen LogP contribution in [0.2, 0.25) is 0 Å². The van der Waals surface area contributed by atoms with Crippen molar-refractivity contribution in [2.24, 2.45) is 0 Å². The van der Waals surface area contributed by atoms with E-state index in [2.05, 4.69) is 5.32 Å². The molecule has 0 amide bonds. The van der Waals surface area contributed by atoms with Crippen LogP contribution in [0.3, 0.4) is 0 Å². The van der Waals surface area contributed by atoms with E-state index in [1.54, 1.807) is 6.07 Å². The van der Waals surface area contributed by atoms with Crippen molar-refractivity contribution in [2.45, 2.75) is 6.42 Å². The summed E-state index contributed by atoms with van der Waals surface area (Å²) in [5, 5.41) is 11.8. The van der Waals surface area contributed by atoms with Crippen molar-refractivity contribution in [3.63, 3.8) is 0 Å². The van der Waals surface area contributed by atoms with Crippen molar-refractivity contribution in [3.8, 4) is 0 Å². The lowest BCUT2D eigenvalue weighted by Crippen LogP contribution is -2.10. The molecular formula is C11H16N2O4S. The maximum atomic E-state index is 10.9. The Morgan fingerprint density at radius 2 is 2.11 bits per heavy atom. The molecule has 1 aromatic carbocycles. The average Bonchev–Trinajstić information content (AvgIpc) is 2.24. The fourth-order valence-corrected chi connectivity index (χ4v) is 2.09. The zero-order valence-electron chi connectivity index (χ0n) is 10.0. The Morgan fingerprint density at radius 1 is 1.44 bits per heavy atom. The minimum atomic E-state index is -2.96. The molecule has 100 valence electrons. The third-order valence-electron chi connectivity index (χ3n) is 2.30. The number of aromatic carboxylic acids is 1. The quantitative estimate of drug-likeness (QED) is 0.522. The molecule has 4 N–H and O–H groups in total. The number of anilines is 2. The van der Waals surface area contributed by atoms with Crippen molar-refractivity contribution in [1.82, 2.24) is 0 Å². The summed E-state index contributed by atoms with van der Waals surface area (Å²) in [5.41, 5.74) is 6.35. The number of hydrogen-bond acceptors (Lipinski definition) is 5. The third kappa shape index (κ3) is 4.62. The number of carboxylic acid groups (broad SMARTS) is 1. The first-order valence-electron chi connectivity index (χ1n) is 5.34. The molecule has 0 aromatic heterocycles. The number of hydrogen-bond donors (Lipinski definition) is 3. The summed E-state index contributed by atoms with van der Waals surface area (Å²) in [6.45, 7) is 0.454. The molecule has 0 fully saturated rings. The van der Waals surface area contributed by atoms with Crippen LogP contribution in [0.1, 0.15) is 16.8 Å². The molecule has 0 spiro atoms. The zero-order chi connectivity index (χ0) is 13.8. The van der Waals surface area contributed by atoms with Crippen molar-refractivity contribution in [1.29, 1.82) is 0 Å². The normalized spacial score (nSPS) is 11.2. The van der Waals surface area contributed by atoms with Crippen LogP contribution in [-0.4, -0.2) is 38.0 Å². The number of carboxylic acids is 1. The second-order valence-electron chi connectivity index (χ2n) is 4.02. The Labute approximate surface area is 106 Å². The Bertz CT molecular complexity index is 540. The lowest BCUT2D eigenvalue weighted by molar-refractivity contribution is 0.0698. The van der Waals surface area contributed by atoms with Gasteiger partial charge < -0.3 is 16.2 Å². The van der Waals surface area contributed by atoms with Gasteiger partial charge in [0.25, 0.3) is 0 Å². The molecule has 0 heterocycles. The first-order valence-corrected chi connectivity index (χ1v) is 7.40. The van der Waals surface area contributed by atoms with E-state index in [9.17, 15) is 13.2 Å². The maximum Gasteiger partial charge on any atom is 0.337 e. The highest BCUT2D eigenvalue weighted by atomic mass is 32.2. The molecular weight excluding hydrogens is 256 g/mol. The second-order valence-corrected chi connectivity index (χ2v) is 6.28. The van der Waals surface area contributed by atoms with Gasteiger partial charge in [-0.1, -0.05) is 0 Å². The molecule has 7 heteroatoms. The fourth-order valence-electron chi connectivity index (χ4n) is 1.42. The van der Waals surface area contributed by atoms with Crippen LogP contribution >= 0.6 is 0 Å². The zero-order valence-corrected chi connectivity index (χ0v) is 10.8. The molecule has 1 aromatic rings. The Morgan fingerprint density at radius 3 is 2.67 bits per heavy atom. The van der Waals surface area contributed by atoms with E-state index in [-0.39, 0.29) is 17.0 Å². The monoisotopic (exact) mass is 272 g/mol. The summed E-state index contributed by atoms with van der Waals surface area (Å²) >= 11 is 0. The molecule has 0 aliphatic carbocycles. The van der Waals surface area contributed by atoms with Gasteiger partial charge in [-0.3, -0.25) is 0 Å². The van der Waals surface area contributed by atoms with E-state index in [1.165, 1.54) is 18.4 Å². The predicted molar refractivity (Wildman–Crippen MR) is 70.6 cm³/mol. The van der Waals surface area contributed by atoms with Gasteiger partial charge in [0.1, 0.15) is 9.84 Å². The molecule has 0 bridgehead atoms. The van der Waals surface area contributed by atoms with Gasteiger partial charge in [-0.25, -0.2) is 13.2 Å². The molecule has 6 nitrogen and oxygen atoms in total. The lowest BCUT2D eigenvalue weighted by atomic mass is 10.1. The molecule has 1 rings (SSSR count). The third-order valence-corrected chi connectivity index (χ3v) is 3.33. The molecule has 0 radical (unpaired) electrons. The molecule has 0 saturated carbocycles.